The molecule has 4 aliphatic carbocycles. The summed E-state index contributed by atoms with van der Waals surface area (Å²) in [6.45, 7) is 10.8. The van der Waals surface area contributed by atoms with Crippen molar-refractivity contribution in [1.29, 1.82) is 0 Å². The molecule has 0 spiro atoms. The number of hydrogen-bond acceptors (Lipinski definition) is 6. The summed E-state index contributed by atoms with van der Waals surface area (Å²) in [7, 11) is 0. The molecular formula is C38H39BrF2N4O2. The normalized spacial score (nSPS) is 30.8. The molecule has 2 heterocycles. The molecule has 0 radical (unpaired) electrons. The Morgan fingerprint density at radius 1 is 0.766 bits per heavy atom. The highest BCUT2D eigenvalue weighted by Crippen LogP contribution is 2.68. The molecule has 0 saturated heterocycles. The zero-order valence-electron chi connectivity index (χ0n) is 27.4. The Kier molecular flexibility index (Phi) is 7.65. The van der Waals surface area contributed by atoms with Gasteiger partial charge in [-0.15, -0.1) is 0 Å². The Morgan fingerprint density at radius 3 is 1.66 bits per heavy atom. The summed E-state index contributed by atoms with van der Waals surface area (Å²) in [5, 5.41) is 18.6. The molecule has 2 aromatic heterocycles. The number of benzene rings is 2. The van der Waals surface area contributed by atoms with Crippen molar-refractivity contribution < 1.29 is 18.3 Å². The van der Waals surface area contributed by atoms with Crippen molar-refractivity contribution in [2.24, 2.45) is 10.8 Å². The molecule has 0 aliphatic heterocycles. The van der Waals surface area contributed by atoms with Crippen LogP contribution in [0.4, 0.5) is 8.78 Å². The van der Waals surface area contributed by atoms with E-state index in [0.29, 0.717) is 35.0 Å². The fourth-order valence-electron chi connectivity index (χ4n) is 9.17. The van der Waals surface area contributed by atoms with Crippen LogP contribution in [-0.4, -0.2) is 38.3 Å². The molecule has 4 aliphatic rings. The third kappa shape index (κ3) is 4.55. The van der Waals surface area contributed by atoms with E-state index < -0.39 is 0 Å². The van der Waals surface area contributed by atoms with Crippen LogP contribution >= 0.6 is 15.9 Å². The van der Waals surface area contributed by atoms with Gasteiger partial charge in [0.2, 0.25) is 0 Å². The lowest BCUT2D eigenvalue weighted by Gasteiger charge is -2.37. The van der Waals surface area contributed by atoms with Gasteiger partial charge in [-0.3, -0.25) is 4.79 Å². The minimum atomic E-state index is -0.297. The Balaban J connectivity index is 0.000000151. The average Bonchev–Trinajstić information content (AvgIpc) is 3.62. The molecule has 6 nitrogen and oxygen atoms in total. The van der Waals surface area contributed by atoms with Crippen LogP contribution < -0.4 is 0 Å². The number of ether oxygens (including phenoxy) is 1. The highest BCUT2D eigenvalue weighted by molar-refractivity contribution is 9.09. The van der Waals surface area contributed by atoms with Gasteiger partial charge >= 0.3 is 5.97 Å². The van der Waals surface area contributed by atoms with E-state index in [-0.39, 0.29) is 45.2 Å². The van der Waals surface area contributed by atoms with Crippen molar-refractivity contribution in [2.75, 3.05) is 11.9 Å². The molecule has 2 aromatic carbocycles. The number of hydrogen-bond donors (Lipinski definition) is 0. The van der Waals surface area contributed by atoms with Gasteiger partial charge in [0.25, 0.3) is 0 Å². The summed E-state index contributed by atoms with van der Waals surface area (Å²) in [6.07, 6.45) is 4.34. The van der Waals surface area contributed by atoms with Gasteiger partial charge in [0, 0.05) is 39.6 Å². The second-order valence-corrected chi connectivity index (χ2v) is 15.2. The third-order valence-electron chi connectivity index (χ3n) is 12.5. The molecule has 244 valence electrons. The Morgan fingerprint density at radius 2 is 1.21 bits per heavy atom. The molecule has 0 amide bonds. The Hall–Kier alpha value is -3.59. The van der Waals surface area contributed by atoms with Crippen molar-refractivity contribution in [2.45, 2.75) is 83.0 Å². The Bertz CT molecular complexity index is 1910. The average molecular weight is 702 g/mol. The van der Waals surface area contributed by atoms with Crippen molar-refractivity contribution in [3.8, 4) is 22.5 Å². The van der Waals surface area contributed by atoms with E-state index in [9.17, 15) is 13.6 Å². The van der Waals surface area contributed by atoms with Crippen LogP contribution in [0.3, 0.4) is 0 Å². The van der Waals surface area contributed by atoms with Gasteiger partial charge in [-0.2, -0.15) is 20.4 Å². The van der Waals surface area contributed by atoms with E-state index in [0.717, 1.165) is 41.5 Å². The fourth-order valence-corrected chi connectivity index (χ4v) is 10.2. The number of carbonyl (C=O) groups is 1. The van der Waals surface area contributed by atoms with Gasteiger partial charge in [-0.25, -0.2) is 8.78 Å². The molecule has 6 atom stereocenters. The van der Waals surface area contributed by atoms with Gasteiger partial charge in [-0.1, -0.05) is 67.9 Å². The summed E-state index contributed by atoms with van der Waals surface area (Å²) in [5.41, 5.74) is 6.53. The number of aromatic nitrogens is 4. The lowest BCUT2D eigenvalue weighted by atomic mass is 9.69. The first-order chi connectivity index (χ1) is 22.4. The van der Waals surface area contributed by atoms with Crippen molar-refractivity contribution in [3.63, 3.8) is 0 Å². The molecule has 47 heavy (non-hydrogen) atoms. The van der Waals surface area contributed by atoms with E-state index in [4.69, 9.17) is 4.74 Å². The van der Waals surface area contributed by atoms with Crippen LogP contribution in [0.25, 0.3) is 22.5 Å². The maximum Gasteiger partial charge on any atom is 0.302 e. The zero-order chi connectivity index (χ0) is 33.4. The smallest absolute Gasteiger partial charge is 0.302 e. The largest absolute Gasteiger partial charge is 0.465 e. The molecule has 0 N–H and O–H groups in total. The van der Waals surface area contributed by atoms with Gasteiger partial charge in [-0.05, 0) is 90.5 Å². The second kappa shape index (κ2) is 11.2. The topological polar surface area (TPSA) is 77.9 Å². The molecule has 9 heteroatoms. The number of carbonyl (C=O) groups excluding carboxylic acids is 1. The summed E-state index contributed by atoms with van der Waals surface area (Å²) in [6, 6.07) is 17.4. The van der Waals surface area contributed by atoms with Gasteiger partial charge in [0.15, 0.2) is 0 Å². The number of halogens is 3. The monoisotopic (exact) mass is 700 g/mol. The van der Waals surface area contributed by atoms with E-state index in [2.05, 4.69) is 70.1 Å². The number of nitrogens with zero attached hydrogens (tertiary/aromatic N) is 4. The number of rotatable bonds is 5. The van der Waals surface area contributed by atoms with Gasteiger partial charge in [0.05, 0.1) is 29.4 Å². The van der Waals surface area contributed by atoms with Gasteiger partial charge < -0.3 is 4.74 Å². The van der Waals surface area contributed by atoms with Gasteiger partial charge in [0.1, 0.15) is 11.6 Å². The minimum Gasteiger partial charge on any atom is -0.465 e. The SMILES string of the molecule is CC(=O)OCC1(C)[C@@H]2CC[C@@]1(C)c1nnc(-c3ccccc3F)cc12.CC1(CBr)[C@@H]2CC[C@@]1(C)c1nnc(-c3ccccc3F)cc12. The van der Waals surface area contributed by atoms with Crippen LogP contribution in [0.1, 0.15) is 94.7 Å². The van der Waals surface area contributed by atoms with Crippen molar-refractivity contribution in [3.05, 3.63) is 94.8 Å². The van der Waals surface area contributed by atoms with Crippen LogP contribution in [-0.2, 0) is 20.4 Å². The first-order valence-electron chi connectivity index (χ1n) is 16.3. The van der Waals surface area contributed by atoms with E-state index in [1.165, 1.54) is 31.0 Å². The summed E-state index contributed by atoms with van der Waals surface area (Å²) in [5.74, 6) is -0.0813. The molecule has 2 fully saturated rings. The summed E-state index contributed by atoms with van der Waals surface area (Å²) < 4.78 is 33.6. The molecular weight excluding hydrogens is 662 g/mol. The summed E-state index contributed by atoms with van der Waals surface area (Å²) in [4.78, 5) is 11.3. The van der Waals surface area contributed by atoms with Crippen molar-refractivity contribution in [1.82, 2.24) is 20.4 Å². The predicted octanol–water partition coefficient (Wildman–Crippen LogP) is 8.83. The van der Waals surface area contributed by atoms with Crippen molar-refractivity contribution >= 4 is 21.9 Å². The maximum atomic E-state index is 14.1. The van der Waals surface area contributed by atoms with E-state index in [1.807, 2.05) is 12.1 Å². The molecule has 4 bridgehead atoms. The number of esters is 1. The quantitative estimate of drug-likeness (QED) is 0.153. The van der Waals surface area contributed by atoms with E-state index in [1.54, 1.807) is 30.3 Å². The van der Waals surface area contributed by atoms with E-state index >= 15 is 0 Å². The standard InChI is InChI=1S/C20H21FN2O2.C18H18BrFN2/c1-12(24)25-11-20(3)15-8-9-19(20,2)18-14(15)10-17(22-23-18)13-6-4-5-7-16(13)21;1-17-8-7-13(18(17,2)10-19)12-9-15(21-22-16(12)17)11-5-3-4-6-14(11)20/h4-7,10,15H,8-9,11H2,1-3H3;3-6,9,13H,7-8,10H2,1-2H3/t15-,19+,20?;13-,17+,18?/m11/s1. The molecule has 8 rings (SSSR count). The maximum absolute atomic E-state index is 14.1. The number of alkyl halides is 1. The second-order valence-electron chi connectivity index (χ2n) is 14.6. The van der Waals surface area contributed by atoms with Crippen LogP contribution in [0.2, 0.25) is 0 Å². The van der Waals surface area contributed by atoms with Crippen LogP contribution in [0.15, 0.2) is 60.7 Å². The Labute approximate surface area is 282 Å². The highest BCUT2D eigenvalue weighted by atomic mass is 79.9. The fraction of sp³-hybridized carbons (Fsp3) is 0.447. The lowest BCUT2D eigenvalue weighted by molar-refractivity contribution is -0.145. The van der Waals surface area contributed by atoms with Crippen LogP contribution in [0, 0.1) is 22.5 Å². The predicted molar refractivity (Wildman–Crippen MR) is 180 cm³/mol. The minimum absolute atomic E-state index is 0.0667. The third-order valence-corrected chi connectivity index (χ3v) is 13.7. The first kappa shape index (κ1) is 32.0. The highest BCUT2D eigenvalue weighted by Gasteiger charge is 2.64. The number of fused-ring (bicyclic) bond motifs is 10. The zero-order valence-corrected chi connectivity index (χ0v) is 29.0. The first-order valence-corrected chi connectivity index (χ1v) is 17.5. The molecule has 2 saturated carbocycles. The lowest BCUT2D eigenvalue weighted by Crippen LogP contribution is -2.39. The van der Waals surface area contributed by atoms with Crippen LogP contribution in [0.5, 0.6) is 0 Å². The molecule has 2 unspecified atom stereocenters. The molecule has 4 aromatic rings. The summed E-state index contributed by atoms with van der Waals surface area (Å²) >= 11 is 3.71.